The Balaban J connectivity index is 1.94. The first-order valence-corrected chi connectivity index (χ1v) is 9.71. The van der Waals surface area contributed by atoms with Gasteiger partial charge in [-0.25, -0.2) is 4.79 Å². The van der Waals surface area contributed by atoms with E-state index in [4.69, 9.17) is 0 Å². The normalized spacial score (nSPS) is 10.4. The maximum Gasteiger partial charge on any atom is 0.337 e. The number of nitrogens with zero attached hydrogens (tertiary/aromatic N) is 3. The summed E-state index contributed by atoms with van der Waals surface area (Å²) in [4.78, 5) is 23.6. The van der Waals surface area contributed by atoms with Gasteiger partial charge in [0.1, 0.15) is 5.82 Å². The minimum Gasteiger partial charge on any atom is -0.465 e. The number of aryl methyl sites for hydroxylation is 1. The summed E-state index contributed by atoms with van der Waals surface area (Å²) in [5, 5.41) is 11.9. The summed E-state index contributed by atoms with van der Waals surface area (Å²) in [5.41, 5.74) is 1.05. The molecule has 0 saturated carbocycles. The van der Waals surface area contributed by atoms with Crippen LogP contribution in [0.4, 0.5) is 5.69 Å². The Morgan fingerprint density at radius 3 is 2.67 bits per heavy atom. The first-order chi connectivity index (χ1) is 13.1. The number of ether oxygens (including phenoxy) is 1. The number of allylic oxidation sites excluding steroid dienone is 1. The molecule has 7 nitrogen and oxygen atoms in total. The predicted molar refractivity (Wildman–Crippen MR) is 106 cm³/mol. The van der Waals surface area contributed by atoms with E-state index in [1.54, 1.807) is 30.3 Å². The third-order valence-corrected chi connectivity index (χ3v) is 4.75. The zero-order valence-electron chi connectivity index (χ0n) is 15.6. The predicted octanol–water partition coefficient (Wildman–Crippen LogP) is 3.32. The molecule has 27 heavy (non-hydrogen) atoms. The van der Waals surface area contributed by atoms with Crippen LogP contribution in [-0.2, 0) is 22.5 Å². The minimum atomic E-state index is -0.413. The van der Waals surface area contributed by atoms with Gasteiger partial charge in [-0.2, -0.15) is 0 Å². The Morgan fingerprint density at radius 1 is 1.30 bits per heavy atom. The van der Waals surface area contributed by atoms with Crippen molar-refractivity contribution in [1.29, 1.82) is 0 Å². The number of hydrogen-bond acceptors (Lipinski definition) is 6. The van der Waals surface area contributed by atoms with Crippen LogP contribution in [0, 0.1) is 0 Å². The van der Waals surface area contributed by atoms with Gasteiger partial charge in [0, 0.05) is 18.7 Å². The van der Waals surface area contributed by atoms with Gasteiger partial charge in [-0.3, -0.25) is 4.79 Å². The molecule has 1 aromatic carbocycles. The molecule has 0 fully saturated rings. The van der Waals surface area contributed by atoms with Gasteiger partial charge in [0.05, 0.1) is 18.4 Å². The molecule has 2 rings (SSSR count). The van der Waals surface area contributed by atoms with Gasteiger partial charge in [-0.15, -0.1) is 16.8 Å². The summed E-state index contributed by atoms with van der Waals surface area (Å²) in [7, 11) is 1.33. The lowest BCUT2D eigenvalue weighted by molar-refractivity contribution is -0.113. The van der Waals surface area contributed by atoms with E-state index >= 15 is 0 Å². The Bertz CT molecular complexity index is 787. The first-order valence-electron chi connectivity index (χ1n) is 8.73. The molecule has 1 heterocycles. The monoisotopic (exact) mass is 388 g/mol. The highest BCUT2D eigenvalue weighted by molar-refractivity contribution is 7.99. The average molecular weight is 388 g/mol. The van der Waals surface area contributed by atoms with Gasteiger partial charge in [0.15, 0.2) is 5.16 Å². The number of carbonyl (C=O) groups excluding carboxylic acids is 2. The van der Waals surface area contributed by atoms with Gasteiger partial charge < -0.3 is 14.6 Å². The molecule has 0 aliphatic rings. The second-order valence-electron chi connectivity index (χ2n) is 5.81. The van der Waals surface area contributed by atoms with E-state index in [-0.39, 0.29) is 11.7 Å². The quantitative estimate of drug-likeness (QED) is 0.382. The van der Waals surface area contributed by atoms with Crippen LogP contribution in [-0.4, -0.2) is 39.5 Å². The highest BCUT2D eigenvalue weighted by Crippen LogP contribution is 2.19. The maximum atomic E-state index is 12.2. The second kappa shape index (κ2) is 10.5. The molecule has 144 valence electrons. The van der Waals surface area contributed by atoms with Gasteiger partial charge in [0.25, 0.3) is 0 Å². The molecule has 8 heteroatoms. The zero-order valence-corrected chi connectivity index (χ0v) is 16.4. The number of aromatic nitrogens is 3. The van der Waals surface area contributed by atoms with Gasteiger partial charge in [0.2, 0.25) is 5.91 Å². The lowest BCUT2D eigenvalue weighted by atomic mass is 10.2. The summed E-state index contributed by atoms with van der Waals surface area (Å²) in [6.07, 6.45) is 4.78. The molecule has 1 aromatic heterocycles. The fraction of sp³-hybridized carbons (Fsp3) is 0.368. The van der Waals surface area contributed by atoms with E-state index in [1.165, 1.54) is 18.9 Å². The van der Waals surface area contributed by atoms with Crippen molar-refractivity contribution in [3.63, 3.8) is 0 Å². The summed E-state index contributed by atoms with van der Waals surface area (Å²) >= 11 is 1.34. The molecule has 0 radical (unpaired) electrons. The number of benzene rings is 1. The van der Waals surface area contributed by atoms with Gasteiger partial charge in [-0.05, 0) is 30.7 Å². The van der Waals surface area contributed by atoms with Crippen LogP contribution in [0.1, 0.15) is 35.9 Å². The number of methoxy groups -OCH3 is 1. The zero-order chi connectivity index (χ0) is 19.6. The summed E-state index contributed by atoms with van der Waals surface area (Å²) < 4.78 is 6.64. The van der Waals surface area contributed by atoms with Crippen LogP contribution in [0.2, 0.25) is 0 Å². The summed E-state index contributed by atoms with van der Waals surface area (Å²) in [5.74, 6) is 0.554. The van der Waals surface area contributed by atoms with Crippen molar-refractivity contribution >= 4 is 29.3 Å². The fourth-order valence-electron chi connectivity index (χ4n) is 2.39. The van der Waals surface area contributed by atoms with Crippen LogP contribution in [0.25, 0.3) is 0 Å². The molecule has 0 aliphatic heterocycles. The van der Waals surface area contributed by atoms with E-state index in [0.29, 0.717) is 23.0 Å². The molecule has 0 spiro atoms. The third kappa shape index (κ3) is 5.96. The number of nitrogens with one attached hydrogen (secondary N) is 1. The van der Waals surface area contributed by atoms with Crippen molar-refractivity contribution in [1.82, 2.24) is 14.8 Å². The average Bonchev–Trinajstić information content (AvgIpc) is 3.06. The van der Waals surface area contributed by atoms with E-state index < -0.39 is 5.97 Å². The van der Waals surface area contributed by atoms with Crippen LogP contribution < -0.4 is 5.32 Å². The van der Waals surface area contributed by atoms with Crippen molar-refractivity contribution in [3.8, 4) is 0 Å². The SMILES string of the molecule is C=CCn1c(CCCC)nnc1SCC(=O)Nc1ccc(C(=O)OC)cc1. The Labute approximate surface area is 163 Å². The maximum absolute atomic E-state index is 12.2. The second-order valence-corrected chi connectivity index (χ2v) is 6.75. The number of hydrogen-bond donors (Lipinski definition) is 1. The molecule has 0 aliphatic carbocycles. The third-order valence-electron chi connectivity index (χ3n) is 3.78. The van der Waals surface area contributed by atoms with E-state index in [2.05, 4.69) is 33.8 Å². The molecule has 0 unspecified atom stereocenters. The number of rotatable bonds is 10. The fourth-order valence-corrected chi connectivity index (χ4v) is 3.16. The van der Waals surface area contributed by atoms with Crippen LogP contribution >= 0.6 is 11.8 Å². The smallest absolute Gasteiger partial charge is 0.337 e. The number of amides is 1. The highest BCUT2D eigenvalue weighted by Gasteiger charge is 2.13. The molecular formula is C19H24N4O3S. The van der Waals surface area contributed by atoms with Crippen molar-refractivity contribution in [2.24, 2.45) is 0 Å². The molecule has 1 amide bonds. The van der Waals surface area contributed by atoms with Crippen LogP contribution in [0.3, 0.4) is 0 Å². The molecular weight excluding hydrogens is 364 g/mol. The van der Waals surface area contributed by atoms with Crippen molar-refractivity contribution in [2.45, 2.75) is 37.9 Å². The summed E-state index contributed by atoms with van der Waals surface area (Å²) in [6, 6.07) is 6.54. The van der Waals surface area contributed by atoms with Gasteiger partial charge >= 0.3 is 5.97 Å². The Kier molecular flexibility index (Phi) is 8.06. The Hall–Kier alpha value is -2.61. The summed E-state index contributed by atoms with van der Waals surface area (Å²) in [6.45, 7) is 6.52. The van der Waals surface area contributed by atoms with E-state index in [0.717, 1.165) is 25.1 Å². The molecule has 0 bridgehead atoms. The molecule has 2 aromatic rings. The number of unbranched alkanes of at least 4 members (excludes halogenated alkanes) is 1. The Morgan fingerprint density at radius 2 is 2.04 bits per heavy atom. The lowest BCUT2D eigenvalue weighted by Crippen LogP contribution is -2.15. The topological polar surface area (TPSA) is 86.1 Å². The van der Waals surface area contributed by atoms with Crippen LogP contribution in [0.15, 0.2) is 42.1 Å². The number of esters is 1. The van der Waals surface area contributed by atoms with Crippen LogP contribution in [0.5, 0.6) is 0 Å². The van der Waals surface area contributed by atoms with Crippen molar-refractivity contribution in [2.75, 3.05) is 18.2 Å². The molecule has 0 atom stereocenters. The number of thioether (sulfide) groups is 1. The first kappa shape index (κ1) is 20.7. The molecule has 1 N–H and O–H groups in total. The van der Waals surface area contributed by atoms with E-state index in [9.17, 15) is 9.59 Å². The highest BCUT2D eigenvalue weighted by atomic mass is 32.2. The minimum absolute atomic E-state index is 0.158. The van der Waals surface area contributed by atoms with E-state index in [1.807, 2.05) is 4.57 Å². The van der Waals surface area contributed by atoms with Gasteiger partial charge in [-0.1, -0.05) is 31.2 Å². The largest absolute Gasteiger partial charge is 0.465 e. The lowest BCUT2D eigenvalue weighted by Gasteiger charge is -2.08. The van der Waals surface area contributed by atoms with Crippen molar-refractivity contribution < 1.29 is 14.3 Å². The standard InChI is InChI=1S/C19H24N4O3S/c1-4-6-7-16-21-22-19(23(16)12-5-2)27-13-17(24)20-15-10-8-14(9-11-15)18(25)26-3/h5,8-11H,2,4,6-7,12-13H2,1,3H3,(H,20,24). The number of anilines is 1. The molecule has 0 saturated heterocycles. The number of carbonyl (C=O) groups is 2. The van der Waals surface area contributed by atoms with Crippen molar-refractivity contribution in [3.05, 3.63) is 48.3 Å².